The molecule has 2 unspecified atom stereocenters. The Hall–Kier alpha value is -1.69. The Morgan fingerprint density at radius 3 is 2.53 bits per heavy atom. The Morgan fingerprint density at radius 1 is 1.42 bits per heavy atom. The molecule has 0 spiro atoms. The number of hydrogen-bond donors (Lipinski definition) is 2. The predicted molar refractivity (Wildman–Crippen MR) is 64.1 cm³/mol. The van der Waals surface area contributed by atoms with Crippen LogP contribution in [-0.2, 0) is 4.79 Å². The molecule has 0 aromatic heterocycles. The predicted octanol–water partition coefficient (Wildman–Crippen LogP) is 1.94. The Morgan fingerprint density at radius 2 is 2.05 bits per heavy atom. The van der Waals surface area contributed by atoms with E-state index < -0.39 is 23.1 Å². The van der Waals surface area contributed by atoms with Crippen molar-refractivity contribution in [2.75, 3.05) is 7.05 Å². The normalized spacial score (nSPS) is 26.4. The number of aliphatic carboxylic acids is 1. The minimum atomic E-state index is -1.02. The molecular weight excluding hydrogens is 256 g/mol. The van der Waals surface area contributed by atoms with Crippen LogP contribution in [0.15, 0.2) is 18.2 Å². The summed E-state index contributed by atoms with van der Waals surface area (Å²) in [5.74, 6) is -2.29. The van der Waals surface area contributed by atoms with E-state index in [4.69, 9.17) is 4.74 Å². The van der Waals surface area contributed by atoms with Gasteiger partial charge in [0.25, 0.3) is 0 Å². The lowest BCUT2D eigenvalue weighted by Gasteiger charge is -2.23. The van der Waals surface area contributed by atoms with Crippen molar-refractivity contribution in [3.8, 4) is 5.75 Å². The monoisotopic (exact) mass is 271 g/mol. The molecule has 1 fully saturated rings. The standard InChI is InChI=1S/C13H15F2NO3/c1-16-13(12(17)18)3-2-10(7-13)19-11-5-8(14)4-9(15)6-11/h4-6,10,16H,2-3,7H2,1H3,(H,17,18). The number of rotatable bonds is 4. The zero-order valence-corrected chi connectivity index (χ0v) is 10.5. The fourth-order valence-corrected chi connectivity index (χ4v) is 2.42. The van der Waals surface area contributed by atoms with Crippen molar-refractivity contribution in [2.24, 2.45) is 0 Å². The third-order valence-corrected chi connectivity index (χ3v) is 3.50. The maximum Gasteiger partial charge on any atom is 0.324 e. The topological polar surface area (TPSA) is 58.6 Å². The summed E-state index contributed by atoms with van der Waals surface area (Å²) < 4.78 is 31.5. The number of likely N-dealkylation sites (N-methyl/N-ethyl adjacent to an activating group) is 1. The highest BCUT2D eigenvalue weighted by Crippen LogP contribution is 2.33. The first-order valence-electron chi connectivity index (χ1n) is 6.00. The van der Waals surface area contributed by atoms with Crippen molar-refractivity contribution in [2.45, 2.75) is 30.9 Å². The highest BCUT2D eigenvalue weighted by molar-refractivity contribution is 5.79. The van der Waals surface area contributed by atoms with Gasteiger partial charge >= 0.3 is 5.97 Å². The largest absolute Gasteiger partial charge is 0.490 e. The summed E-state index contributed by atoms with van der Waals surface area (Å²) in [6, 6.07) is 2.93. The highest BCUT2D eigenvalue weighted by atomic mass is 19.1. The molecule has 4 nitrogen and oxygen atoms in total. The lowest BCUT2D eigenvalue weighted by molar-refractivity contribution is -0.144. The second kappa shape index (κ2) is 5.13. The van der Waals surface area contributed by atoms with Crippen LogP contribution in [0.3, 0.4) is 0 Å². The fraction of sp³-hybridized carbons (Fsp3) is 0.462. The maximum absolute atomic E-state index is 13.0. The summed E-state index contributed by atoms with van der Waals surface area (Å²) in [4.78, 5) is 11.2. The van der Waals surface area contributed by atoms with E-state index in [1.165, 1.54) is 0 Å². The molecule has 0 radical (unpaired) electrons. The van der Waals surface area contributed by atoms with Gasteiger partial charge in [-0.25, -0.2) is 8.78 Å². The fourth-order valence-electron chi connectivity index (χ4n) is 2.42. The summed E-state index contributed by atoms with van der Waals surface area (Å²) in [6.07, 6.45) is 0.827. The lowest BCUT2D eigenvalue weighted by Crippen LogP contribution is -2.48. The number of halogens is 2. The molecule has 2 atom stereocenters. The van der Waals surface area contributed by atoms with Crippen LogP contribution in [0.5, 0.6) is 5.75 Å². The van der Waals surface area contributed by atoms with Crippen molar-refractivity contribution in [3.63, 3.8) is 0 Å². The first-order valence-corrected chi connectivity index (χ1v) is 6.00. The summed E-state index contributed by atoms with van der Waals surface area (Å²) in [7, 11) is 1.58. The van der Waals surface area contributed by atoms with Gasteiger partial charge in [0.15, 0.2) is 0 Å². The van der Waals surface area contributed by atoms with Gasteiger partial charge in [0.05, 0.1) is 0 Å². The molecule has 0 aliphatic heterocycles. The highest BCUT2D eigenvalue weighted by Gasteiger charge is 2.45. The van der Waals surface area contributed by atoms with Gasteiger partial charge in [-0.3, -0.25) is 4.79 Å². The van der Waals surface area contributed by atoms with E-state index in [2.05, 4.69) is 5.32 Å². The van der Waals surface area contributed by atoms with Crippen LogP contribution in [0.2, 0.25) is 0 Å². The van der Waals surface area contributed by atoms with Gasteiger partial charge in [-0.1, -0.05) is 0 Å². The third-order valence-electron chi connectivity index (χ3n) is 3.50. The smallest absolute Gasteiger partial charge is 0.324 e. The SMILES string of the molecule is CNC1(C(=O)O)CCC(Oc2cc(F)cc(F)c2)C1. The Bertz CT molecular complexity index is 475. The van der Waals surface area contributed by atoms with Crippen LogP contribution in [-0.4, -0.2) is 29.8 Å². The van der Waals surface area contributed by atoms with Crippen molar-refractivity contribution in [3.05, 3.63) is 29.8 Å². The third kappa shape index (κ3) is 2.84. The summed E-state index contributed by atoms with van der Waals surface area (Å²) in [5, 5.41) is 12.0. The average molecular weight is 271 g/mol. The quantitative estimate of drug-likeness (QED) is 0.878. The minimum Gasteiger partial charge on any atom is -0.490 e. The minimum absolute atomic E-state index is 0.0831. The number of carbonyl (C=O) groups is 1. The Labute approximate surface area is 109 Å². The Balaban J connectivity index is 2.08. The zero-order valence-electron chi connectivity index (χ0n) is 10.5. The van der Waals surface area contributed by atoms with E-state index in [0.29, 0.717) is 12.8 Å². The molecule has 1 aromatic carbocycles. The van der Waals surface area contributed by atoms with E-state index in [1.807, 2.05) is 0 Å². The first kappa shape index (κ1) is 13.7. The van der Waals surface area contributed by atoms with Gasteiger partial charge < -0.3 is 15.2 Å². The molecule has 19 heavy (non-hydrogen) atoms. The summed E-state index contributed by atoms with van der Waals surface area (Å²) in [6.45, 7) is 0. The zero-order chi connectivity index (χ0) is 14.0. The van der Waals surface area contributed by atoms with E-state index in [0.717, 1.165) is 18.2 Å². The van der Waals surface area contributed by atoms with E-state index in [9.17, 15) is 18.7 Å². The van der Waals surface area contributed by atoms with Gasteiger partial charge in [0, 0.05) is 24.6 Å². The molecule has 0 amide bonds. The molecule has 104 valence electrons. The molecule has 0 saturated heterocycles. The van der Waals surface area contributed by atoms with Gasteiger partial charge in [-0.2, -0.15) is 0 Å². The molecule has 2 N–H and O–H groups in total. The van der Waals surface area contributed by atoms with Crippen molar-refractivity contribution in [1.82, 2.24) is 5.32 Å². The van der Waals surface area contributed by atoms with Crippen LogP contribution < -0.4 is 10.1 Å². The first-order chi connectivity index (χ1) is 8.95. The average Bonchev–Trinajstić information content (AvgIpc) is 2.72. The van der Waals surface area contributed by atoms with Crippen LogP contribution in [0.1, 0.15) is 19.3 Å². The summed E-state index contributed by atoms with van der Waals surface area (Å²) >= 11 is 0. The molecular formula is C13H15F2NO3. The molecule has 0 bridgehead atoms. The Kier molecular flexibility index (Phi) is 3.71. The molecule has 6 heteroatoms. The van der Waals surface area contributed by atoms with E-state index in [1.54, 1.807) is 7.05 Å². The maximum atomic E-state index is 13.0. The number of nitrogens with one attached hydrogen (secondary N) is 1. The molecule has 1 saturated carbocycles. The van der Waals surface area contributed by atoms with E-state index >= 15 is 0 Å². The number of ether oxygens (including phenoxy) is 1. The number of hydrogen-bond acceptors (Lipinski definition) is 3. The second-order valence-electron chi connectivity index (χ2n) is 4.73. The molecule has 1 aromatic rings. The van der Waals surface area contributed by atoms with Crippen LogP contribution >= 0.6 is 0 Å². The van der Waals surface area contributed by atoms with Gasteiger partial charge in [-0.15, -0.1) is 0 Å². The van der Waals surface area contributed by atoms with Gasteiger partial charge in [0.2, 0.25) is 0 Å². The van der Waals surface area contributed by atoms with Crippen molar-refractivity contribution in [1.29, 1.82) is 0 Å². The van der Waals surface area contributed by atoms with E-state index in [-0.39, 0.29) is 18.3 Å². The molecule has 1 aliphatic carbocycles. The summed E-state index contributed by atoms with van der Waals surface area (Å²) in [5.41, 5.74) is -1.02. The van der Waals surface area contributed by atoms with Crippen LogP contribution in [0.4, 0.5) is 8.78 Å². The lowest BCUT2D eigenvalue weighted by atomic mass is 9.98. The number of benzene rings is 1. The van der Waals surface area contributed by atoms with Crippen LogP contribution in [0, 0.1) is 11.6 Å². The molecule has 2 rings (SSSR count). The number of carboxylic acids is 1. The van der Waals surface area contributed by atoms with Crippen molar-refractivity contribution >= 4 is 5.97 Å². The van der Waals surface area contributed by atoms with Gasteiger partial charge in [-0.05, 0) is 19.9 Å². The molecule has 0 heterocycles. The van der Waals surface area contributed by atoms with Crippen molar-refractivity contribution < 1.29 is 23.4 Å². The van der Waals surface area contributed by atoms with Crippen LogP contribution in [0.25, 0.3) is 0 Å². The number of carboxylic acid groups (broad SMARTS) is 1. The van der Waals surface area contributed by atoms with Gasteiger partial charge in [0.1, 0.15) is 29.0 Å². The second-order valence-corrected chi connectivity index (χ2v) is 4.73. The molecule has 1 aliphatic rings.